The fraction of sp³-hybridized carbons (Fsp3) is 0.111. The highest BCUT2D eigenvalue weighted by Gasteiger charge is 2.12. The van der Waals surface area contributed by atoms with Gasteiger partial charge >= 0.3 is 0 Å². The number of thioether (sulfide) groups is 1. The van der Waals surface area contributed by atoms with Crippen LogP contribution in [0.3, 0.4) is 0 Å². The lowest BCUT2D eigenvalue weighted by molar-refractivity contribution is -0.384. The van der Waals surface area contributed by atoms with E-state index in [2.05, 4.69) is 20.8 Å². The summed E-state index contributed by atoms with van der Waals surface area (Å²) in [7, 11) is 0. The van der Waals surface area contributed by atoms with Crippen molar-refractivity contribution in [2.45, 2.75) is 4.34 Å². The molecule has 160 valence electrons. The summed E-state index contributed by atoms with van der Waals surface area (Å²) in [6.45, 7) is -0.213. The molecule has 0 unspecified atom stereocenters. The number of hydrogen-bond acceptors (Lipinski definition) is 9. The van der Waals surface area contributed by atoms with Crippen molar-refractivity contribution < 1.29 is 19.2 Å². The van der Waals surface area contributed by atoms with Crippen LogP contribution >= 0.6 is 34.7 Å². The summed E-state index contributed by atoms with van der Waals surface area (Å²) >= 11 is 8.01. The first-order valence-electron chi connectivity index (χ1n) is 8.58. The van der Waals surface area contributed by atoms with Gasteiger partial charge in [0.2, 0.25) is 11.0 Å². The van der Waals surface area contributed by atoms with Crippen molar-refractivity contribution >= 4 is 63.0 Å². The van der Waals surface area contributed by atoms with Gasteiger partial charge in [-0.3, -0.25) is 25.0 Å². The van der Waals surface area contributed by atoms with Crippen molar-refractivity contribution in [2.24, 2.45) is 0 Å². The second-order valence-electron chi connectivity index (χ2n) is 5.81. The predicted molar refractivity (Wildman–Crippen MR) is 118 cm³/mol. The van der Waals surface area contributed by atoms with Crippen LogP contribution < -0.4 is 15.4 Å². The molecule has 31 heavy (non-hydrogen) atoms. The fourth-order valence-corrected chi connectivity index (χ4v) is 3.87. The highest BCUT2D eigenvalue weighted by atomic mass is 35.5. The van der Waals surface area contributed by atoms with E-state index in [1.807, 2.05) is 0 Å². The molecule has 2 amide bonds. The van der Waals surface area contributed by atoms with Crippen LogP contribution in [-0.2, 0) is 9.59 Å². The number of aromatic nitrogens is 2. The van der Waals surface area contributed by atoms with E-state index in [0.29, 0.717) is 20.8 Å². The zero-order valence-electron chi connectivity index (χ0n) is 15.6. The standard InChI is InChI=1S/C18H14ClN5O5S2/c19-11-4-6-14(7-5-11)29-9-15(25)21-17-22-23-18(31-17)30-10-16(26)20-12-2-1-3-13(8-12)24(27)28/h1-8H,9-10H2,(H,20,26)(H,21,22,25). The maximum Gasteiger partial charge on any atom is 0.271 e. The number of anilines is 2. The summed E-state index contributed by atoms with van der Waals surface area (Å²) in [5.41, 5.74) is 0.209. The van der Waals surface area contributed by atoms with Gasteiger partial charge in [0.1, 0.15) is 5.75 Å². The number of non-ortho nitro benzene ring substituents is 1. The molecule has 1 heterocycles. The zero-order valence-corrected chi connectivity index (χ0v) is 18.0. The Bertz CT molecular complexity index is 1090. The van der Waals surface area contributed by atoms with Gasteiger partial charge in [-0.15, -0.1) is 10.2 Å². The number of nitro groups is 1. The van der Waals surface area contributed by atoms with Crippen molar-refractivity contribution in [3.63, 3.8) is 0 Å². The predicted octanol–water partition coefficient (Wildman–Crippen LogP) is 3.85. The van der Waals surface area contributed by atoms with Gasteiger partial charge < -0.3 is 10.1 Å². The van der Waals surface area contributed by atoms with Crippen LogP contribution in [0.5, 0.6) is 5.75 Å². The number of rotatable bonds is 9. The third-order valence-corrected chi connectivity index (χ3v) is 5.73. The average molecular weight is 480 g/mol. The summed E-state index contributed by atoms with van der Waals surface area (Å²) < 4.78 is 5.82. The number of carbonyl (C=O) groups excluding carboxylic acids is 2. The Labute approximate surface area is 189 Å². The Hall–Kier alpha value is -3.22. The van der Waals surface area contributed by atoms with Crippen molar-refractivity contribution in [3.05, 3.63) is 63.7 Å². The molecule has 0 bridgehead atoms. The van der Waals surface area contributed by atoms with Gasteiger partial charge in [-0.2, -0.15) is 0 Å². The van der Waals surface area contributed by atoms with Crippen molar-refractivity contribution in [1.82, 2.24) is 10.2 Å². The third-order valence-electron chi connectivity index (χ3n) is 3.50. The second kappa shape index (κ2) is 10.7. The Morgan fingerprint density at radius 1 is 1.13 bits per heavy atom. The van der Waals surface area contributed by atoms with Crippen LogP contribution in [0.2, 0.25) is 5.02 Å². The molecule has 0 radical (unpaired) electrons. The van der Waals surface area contributed by atoms with Gasteiger partial charge in [-0.25, -0.2) is 0 Å². The quantitative estimate of drug-likeness (QED) is 0.204. The number of nitrogens with one attached hydrogen (secondary N) is 2. The van der Waals surface area contributed by atoms with Crippen LogP contribution in [0.15, 0.2) is 52.9 Å². The molecule has 13 heteroatoms. The third kappa shape index (κ3) is 7.20. The summed E-state index contributed by atoms with van der Waals surface area (Å²) in [5, 5.41) is 24.5. The molecule has 0 atom stereocenters. The molecule has 0 saturated carbocycles. The summed E-state index contributed by atoms with van der Waals surface area (Å²) in [4.78, 5) is 34.3. The number of benzene rings is 2. The van der Waals surface area contributed by atoms with Crippen molar-refractivity contribution in [1.29, 1.82) is 0 Å². The van der Waals surface area contributed by atoms with Gasteiger partial charge in [-0.1, -0.05) is 40.8 Å². The molecule has 0 spiro atoms. The number of hydrogen-bond donors (Lipinski definition) is 2. The van der Waals surface area contributed by atoms with Crippen LogP contribution in [0, 0.1) is 10.1 Å². The maximum atomic E-state index is 12.1. The smallest absolute Gasteiger partial charge is 0.271 e. The number of halogens is 1. The molecule has 0 aliphatic carbocycles. The Balaban J connectivity index is 1.43. The number of amides is 2. The van der Waals surface area contributed by atoms with E-state index in [4.69, 9.17) is 16.3 Å². The Morgan fingerprint density at radius 2 is 1.90 bits per heavy atom. The first kappa shape index (κ1) is 22.5. The lowest BCUT2D eigenvalue weighted by Gasteiger charge is -2.05. The van der Waals surface area contributed by atoms with Gasteiger partial charge in [0.25, 0.3) is 11.6 Å². The summed E-state index contributed by atoms with van der Waals surface area (Å²) in [6.07, 6.45) is 0. The topological polar surface area (TPSA) is 136 Å². The number of nitro benzene ring substituents is 1. The molecule has 3 rings (SSSR count). The minimum atomic E-state index is -0.540. The van der Waals surface area contributed by atoms with E-state index >= 15 is 0 Å². The lowest BCUT2D eigenvalue weighted by Crippen LogP contribution is -2.20. The average Bonchev–Trinajstić information content (AvgIpc) is 3.19. The monoisotopic (exact) mass is 479 g/mol. The molecule has 2 N–H and O–H groups in total. The Morgan fingerprint density at radius 3 is 2.65 bits per heavy atom. The first-order chi connectivity index (χ1) is 14.9. The van der Waals surface area contributed by atoms with Crippen LogP contribution in [-0.4, -0.2) is 39.3 Å². The zero-order chi connectivity index (χ0) is 22.2. The first-order valence-corrected chi connectivity index (χ1v) is 10.8. The molecule has 0 saturated heterocycles. The molecular formula is C18H14ClN5O5S2. The normalized spacial score (nSPS) is 10.4. The molecule has 0 fully saturated rings. The largest absolute Gasteiger partial charge is 0.484 e. The maximum absolute atomic E-state index is 12.1. The van der Waals surface area contributed by atoms with E-state index in [0.717, 1.165) is 23.1 Å². The summed E-state index contributed by atoms with van der Waals surface area (Å²) in [6, 6.07) is 12.2. The molecule has 2 aromatic carbocycles. The fourth-order valence-electron chi connectivity index (χ4n) is 2.18. The summed E-state index contributed by atoms with van der Waals surface area (Å²) in [5.74, 6) is -0.248. The van der Waals surface area contributed by atoms with Crippen LogP contribution in [0.1, 0.15) is 0 Å². The van der Waals surface area contributed by atoms with Crippen LogP contribution in [0.4, 0.5) is 16.5 Å². The number of nitrogens with zero attached hydrogens (tertiary/aromatic N) is 3. The molecule has 10 nitrogen and oxygen atoms in total. The van der Waals surface area contributed by atoms with E-state index in [9.17, 15) is 19.7 Å². The van der Waals surface area contributed by atoms with E-state index < -0.39 is 10.8 Å². The second-order valence-corrected chi connectivity index (χ2v) is 8.44. The van der Waals surface area contributed by atoms with Gasteiger partial charge in [0.15, 0.2) is 10.9 Å². The number of carbonyl (C=O) groups is 2. The molecule has 0 aliphatic rings. The number of ether oxygens (including phenoxy) is 1. The SMILES string of the molecule is O=C(CSc1nnc(NC(=O)COc2ccc(Cl)cc2)s1)Nc1cccc([N+](=O)[O-])c1. The van der Waals surface area contributed by atoms with E-state index in [1.165, 1.54) is 18.2 Å². The molecular weight excluding hydrogens is 466 g/mol. The highest BCUT2D eigenvalue weighted by molar-refractivity contribution is 8.01. The lowest BCUT2D eigenvalue weighted by atomic mass is 10.3. The van der Waals surface area contributed by atoms with Gasteiger partial charge in [0, 0.05) is 22.8 Å². The van der Waals surface area contributed by atoms with Crippen molar-refractivity contribution in [2.75, 3.05) is 23.0 Å². The van der Waals surface area contributed by atoms with Crippen LogP contribution in [0.25, 0.3) is 0 Å². The van der Waals surface area contributed by atoms with Gasteiger partial charge in [0.05, 0.1) is 10.7 Å². The molecule has 1 aromatic heterocycles. The van der Waals surface area contributed by atoms with E-state index in [-0.39, 0.29) is 29.1 Å². The highest BCUT2D eigenvalue weighted by Crippen LogP contribution is 2.26. The van der Waals surface area contributed by atoms with Crippen molar-refractivity contribution in [3.8, 4) is 5.75 Å². The van der Waals surface area contributed by atoms with Gasteiger partial charge in [-0.05, 0) is 30.3 Å². The minimum Gasteiger partial charge on any atom is -0.484 e. The minimum absolute atomic E-state index is 0.0188. The molecule has 3 aromatic rings. The van der Waals surface area contributed by atoms with E-state index in [1.54, 1.807) is 30.3 Å². The Kier molecular flexibility index (Phi) is 7.76. The molecule has 0 aliphatic heterocycles.